The molecule has 0 spiro atoms. The zero-order valence-corrected chi connectivity index (χ0v) is 10.1. The molecule has 17 heavy (non-hydrogen) atoms. The highest BCUT2D eigenvalue weighted by Gasteiger charge is 2.20. The van der Waals surface area contributed by atoms with Crippen LogP contribution in [0.1, 0.15) is 26.5 Å². The first kappa shape index (κ1) is 11.6. The van der Waals surface area contributed by atoms with Gasteiger partial charge in [-0.05, 0) is 18.2 Å². The van der Waals surface area contributed by atoms with Crippen molar-refractivity contribution in [2.45, 2.75) is 26.2 Å². The van der Waals surface area contributed by atoms with Gasteiger partial charge < -0.3 is 10.2 Å². The maximum atomic E-state index is 13.7. The molecule has 0 aliphatic rings. The molecule has 0 aliphatic heterocycles. The van der Waals surface area contributed by atoms with Crippen LogP contribution in [0.25, 0.3) is 11.5 Å². The fourth-order valence-electron chi connectivity index (χ4n) is 1.45. The topological polar surface area (TPSA) is 52.0 Å². The molecule has 0 aliphatic carbocycles. The summed E-state index contributed by atoms with van der Waals surface area (Å²) in [6.07, 6.45) is 1.63. The van der Waals surface area contributed by atoms with Crippen molar-refractivity contribution in [3.63, 3.8) is 0 Å². The lowest BCUT2D eigenvalue weighted by molar-refractivity contribution is 0.414. The van der Waals surface area contributed by atoms with Gasteiger partial charge in [0.15, 0.2) is 0 Å². The van der Waals surface area contributed by atoms with Gasteiger partial charge in [-0.2, -0.15) is 0 Å². The fraction of sp³-hybridized carbons (Fsp3) is 0.308. The van der Waals surface area contributed by atoms with Crippen molar-refractivity contribution in [1.29, 1.82) is 0 Å². The Hall–Kier alpha value is -1.84. The molecule has 0 atom stereocenters. The standard InChI is InChI=1S/C13H15FN2O/c1-13(2,3)11-7-16-12(17-11)9-5-4-8(15)6-10(9)14/h4-7H,15H2,1-3H3. The summed E-state index contributed by atoms with van der Waals surface area (Å²) in [4.78, 5) is 4.10. The minimum Gasteiger partial charge on any atom is -0.441 e. The third kappa shape index (κ3) is 2.30. The molecule has 1 aromatic carbocycles. The van der Waals surface area contributed by atoms with Crippen molar-refractivity contribution < 1.29 is 8.81 Å². The summed E-state index contributed by atoms with van der Waals surface area (Å²) in [5.74, 6) is 0.587. The Morgan fingerprint density at radius 1 is 1.29 bits per heavy atom. The second kappa shape index (κ2) is 3.87. The number of hydrogen-bond acceptors (Lipinski definition) is 3. The van der Waals surface area contributed by atoms with Gasteiger partial charge in [0.25, 0.3) is 0 Å². The van der Waals surface area contributed by atoms with Gasteiger partial charge in [0.1, 0.15) is 11.6 Å². The summed E-state index contributed by atoms with van der Waals surface area (Å²) >= 11 is 0. The average molecular weight is 234 g/mol. The first-order valence-corrected chi connectivity index (χ1v) is 5.39. The molecule has 1 aromatic heterocycles. The maximum absolute atomic E-state index is 13.7. The van der Waals surface area contributed by atoms with Gasteiger partial charge in [0.2, 0.25) is 5.89 Å². The van der Waals surface area contributed by atoms with Crippen molar-refractivity contribution in [1.82, 2.24) is 4.98 Å². The van der Waals surface area contributed by atoms with E-state index >= 15 is 0 Å². The highest BCUT2D eigenvalue weighted by molar-refractivity contribution is 5.58. The molecule has 2 N–H and O–H groups in total. The summed E-state index contributed by atoms with van der Waals surface area (Å²) in [6.45, 7) is 6.03. The number of nitrogens with two attached hydrogens (primary N) is 1. The monoisotopic (exact) mass is 234 g/mol. The Morgan fingerprint density at radius 2 is 2.00 bits per heavy atom. The summed E-state index contributed by atoms with van der Waals surface area (Å²) in [7, 11) is 0. The molecule has 0 amide bonds. The van der Waals surface area contributed by atoms with E-state index in [1.165, 1.54) is 6.07 Å². The zero-order valence-electron chi connectivity index (χ0n) is 10.1. The van der Waals surface area contributed by atoms with Crippen molar-refractivity contribution in [3.05, 3.63) is 36.0 Å². The Morgan fingerprint density at radius 3 is 2.53 bits per heavy atom. The lowest BCUT2D eigenvalue weighted by Crippen LogP contribution is -2.09. The number of oxazole rings is 1. The quantitative estimate of drug-likeness (QED) is 0.770. The van der Waals surface area contributed by atoms with E-state index in [4.69, 9.17) is 10.2 Å². The summed E-state index contributed by atoms with van der Waals surface area (Å²) in [5.41, 5.74) is 6.06. The van der Waals surface area contributed by atoms with Crippen molar-refractivity contribution >= 4 is 5.69 Å². The van der Waals surface area contributed by atoms with Crippen LogP contribution in [-0.4, -0.2) is 4.98 Å². The van der Waals surface area contributed by atoms with E-state index in [0.29, 0.717) is 11.3 Å². The first-order chi connectivity index (χ1) is 7.88. The van der Waals surface area contributed by atoms with E-state index < -0.39 is 5.82 Å². The van der Waals surface area contributed by atoms with E-state index in [1.807, 2.05) is 20.8 Å². The molecular formula is C13H15FN2O. The third-order valence-corrected chi connectivity index (χ3v) is 2.47. The van der Waals surface area contributed by atoms with Crippen molar-refractivity contribution in [2.24, 2.45) is 0 Å². The van der Waals surface area contributed by atoms with Crippen LogP contribution in [0.3, 0.4) is 0 Å². The Labute approximate surface area is 99.5 Å². The SMILES string of the molecule is CC(C)(C)c1cnc(-c2ccc(N)cc2F)o1. The number of anilines is 1. The van der Waals surface area contributed by atoms with Gasteiger partial charge in [-0.1, -0.05) is 20.8 Å². The number of benzene rings is 1. The van der Waals surface area contributed by atoms with Gasteiger partial charge in [-0.15, -0.1) is 0 Å². The summed E-state index contributed by atoms with van der Waals surface area (Å²) in [6, 6.07) is 4.46. The summed E-state index contributed by atoms with van der Waals surface area (Å²) < 4.78 is 19.2. The smallest absolute Gasteiger partial charge is 0.229 e. The molecular weight excluding hydrogens is 219 g/mol. The van der Waals surface area contributed by atoms with Crippen LogP contribution in [-0.2, 0) is 5.41 Å². The van der Waals surface area contributed by atoms with Crippen LogP contribution < -0.4 is 5.73 Å². The molecule has 0 unspecified atom stereocenters. The van der Waals surface area contributed by atoms with Gasteiger partial charge in [-0.25, -0.2) is 9.37 Å². The second-order valence-electron chi connectivity index (χ2n) is 5.02. The molecule has 0 saturated heterocycles. The highest BCUT2D eigenvalue weighted by atomic mass is 19.1. The molecule has 1 heterocycles. The molecule has 3 nitrogen and oxygen atoms in total. The van der Waals surface area contributed by atoms with Gasteiger partial charge >= 0.3 is 0 Å². The Bertz CT molecular complexity index is 541. The molecule has 0 fully saturated rings. The van der Waals surface area contributed by atoms with E-state index in [1.54, 1.807) is 18.3 Å². The van der Waals surface area contributed by atoms with Gasteiger partial charge in [0, 0.05) is 11.1 Å². The number of nitrogen functional groups attached to an aromatic ring is 1. The van der Waals surface area contributed by atoms with Crippen molar-refractivity contribution in [2.75, 3.05) is 5.73 Å². The van der Waals surface area contributed by atoms with Crippen LogP contribution in [0, 0.1) is 5.82 Å². The van der Waals surface area contributed by atoms with Gasteiger partial charge in [-0.3, -0.25) is 0 Å². The lowest BCUT2D eigenvalue weighted by Gasteiger charge is -2.13. The minimum atomic E-state index is -0.424. The number of rotatable bonds is 1. The normalized spacial score (nSPS) is 11.8. The van der Waals surface area contributed by atoms with Crippen molar-refractivity contribution in [3.8, 4) is 11.5 Å². The Balaban J connectivity index is 2.44. The second-order valence-corrected chi connectivity index (χ2v) is 5.02. The zero-order chi connectivity index (χ0) is 12.6. The molecule has 2 aromatic rings. The average Bonchev–Trinajstić information content (AvgIpc) is 2.65. The molecule has 2 rings (SSSR count). The van der Waals surface area contributed by atoms with Crippen LogP contribution in [0.15, 0.2) is 28.8 Å². The van der Waals surface area contributed by atoms with E-state index in [-0.39, 0.29) is 11.3 Å². The van der Waals surface area contributed by atoms with Crippen LogP contribution in [0.5, 0.6) is 0 Å². The Kier molecular flexibility index (Phi) is 2.65. The third-order valence-electron chi connectivity index (χ3n) is 2.47. The maximum Gasteiger partial charge on any atom is 0.229 e. The summed E-state index contributed by atoms with van der Waals surface area (Å²) in [5, 5.41) is 0. The molecule has 0 bridgehead atoms. The van der Waals surface area contributed by atoms with E-state index in [2.05, 4.69) is 4.98 Å². The van der Waals surface area contributed by atoms with Crippen LogP contribution in [0.4, 0.5) is 10.1 Å². The molecule has 0 saturated carbocycles. The van der Waals surface area contributed by atoms with Crippen LogP contribution >= 0.6 is 0 Å². The minimum absolute atomic E-state index is 0.143. The lowest BCUT2D eigenvalue weighted by atomic mass is 9.94. The van der Waals surface area contributed by atoms with Gasteiger partial charge in [0.05, 0.1) is 11.8 Å². The molecule has 4 heteroatoms. The number of nitrogens with zero attached hydrogens (tertiary/aromatic N) is 1. The number of aromatic nitrogens is 1. The first-order valence-electron chi connectivity index (χ1n) is 5.39. The number of hydrogen-bond donors (Lipinski definition) is 1. The predicted molar refractivity (Wildman–Crippen MR) is 65.0 cm³/mol. The van der Waals surface area contributed by atoms with E-state index in [0.717, 1.165) is 5.76 Å². The largest absolute Gasteiger partial charge is 0.441 e. The highest BCUT2D eigenvalue weighted by Crippen LogP contribution is 2.29. The molecule has 90 valence electrons. The predicted octanol–water partition coefficient (Wildman–Crippen LogP) is 3.36. The number of halogens is 1. The van der Waals surface area contributed by atoms with E-state index in [9.17, 15) is 4.39 Å². The fourth-order valence-corrected chi connectivity index (χ4v) is 1.45. The van der Waals surface area contributed by atoms with Crippen LogP contribution in [0.2, 0.25) is 0 Å². The molecule has 0 radical (unpaired) electrons.